The molecule has 0 radical (unpaired) electrons. The summed E-state index contributed by atoms with van der Waals surface area (Å²) < 4.78 is 4.86. The minimum atomic E-state index is -0.960. The number of rotatable bonds is 48. The van der Waals surface area contributed by atoms with Crippen molar-refractivity contribution < 1.29 is 39.5 Å². The molecule has 0 aromatic carbocycles. The first kappa shape index (κ1) is 66.8. The lowest BCUT2D eigenvalue weighted by Gasteiger charge is -2.08. The number of allylic oxidation sites excluding steroid dienone is 6. The number of esters is 1. The van der Waals surface area contributed by atoms with Crippen LogP contribution in [0.3, 0.4) is 0 Å². The zero-order valence-corrected chi connectivity index (χ0v) is 43.1. The zero-order valence-electron chi connectivity index (χ0n) is 43.1. The van der Waals surface area contributed by atoms with Gasteiger partial charge in [0.25, 0.3) is 0 Å². The Bertz CT molecular complexity index is 988. The van der Waals surface area contributed by atoms with Crippen LogP contribution >= 0.6 is 0 Å². The number of hydrogen-bond acceptors (Lipinski definition) is 6. The van der Waals surface area contributed by atoms with E-state index in [2.05, 4.69) is 57.2 Å². The molecule has 8 nitrogen and oxygen atoms in total. The van der Waals surface area contributed by atoms with Crippen LogP contribution in [0.5, 0.6) is 0 Å². The molecule has 1 unspecified atom stereocenters. The summed E-state index contributed by atoms with van der Waals surface area (Å²) in [6.07, 6.45) is 62.6. The summed E-state index contributed by atoms with van der Waals surface area (Å²) in [6, 6.07) is 0. The Labute approximate surface area is 402 Å². The van der Waals surface area contributed by atoms with Crippen molar-refractivity contribution in [3.8, 4) is 0 Å². The molecule has 65 heavy (non-hydrogen) atoms. The molecular weight excluding hydrogens is 813 g/mol. The quantitative estimate of drug-likeness (QED) is 0.0269. The third-order valence-electron chi connectivity index (χ3n) is 11.6. The highest BCUT2D eigenvalue weighted by Crippen LogP contribution is 2.13. The molecule has 0 aromatic heterocycles. The maximum absolute atomic E-state index is 11.4. The number of aliphatic hydroxyl groups is 2. The van der Waals surface area contributed by atoms with E-state index < -0.39 is 18.0 Å². The van der Waals surface area contributed by atoms with Gasteiger partial charge in [-0.1, -0.05) is 211 Å². The molecule has 0 fully saturated rings. The fourth-order valence-corrected chi connectivity index (χ4v) is 7.35. The lowest BCUT2D eigenvalue weighted by Crippen LogP contribution is -2.21. The molecule has 0 aliphatic heterocycles. The Morgan fingerprint density at radius 1 is 0.369 bits per heavy atom. The normalized spacial score (nSPS) is 11.8. The van der Waals surface area contributed by atoms with E-state index in [1.165, 1.54) is 199 Å². The number of ether oxygens (including phenoxy) is 1. The fourth-order valence-electron chi connectivity index (χ4n) is 7.35. The average Bonchev–Trinajstić information content (AvgIpc) is 3.29. The number of aliphatic hydroxyl groups excluding tert-OH is 2. The number of carbonyl (C=O) groups is 3. The molecule has 0 aliphatic rings. The highest BCUT2D eigenvalue weighted by atomic mass is 16.5. The molecule has 0 rings (SSSR count). The number of carboxylic acids is 2. The average molecular weight is 921 g/mol. The molecule has 0 spiro atoms. The van der Waals surface area contributed by atoms with E-state index in [0.29, 0.717) is 19.3 Å². The Hall–Kier alpha value is -2.45. The second-order valence-electron chi connectivity index (χ2n) is 18.3. The van der Waals surface area contributed by atoms with Gasteiger partial charge < -0.3 is 25.2 Å². The van der Waals surface area contributed by atoms with Crippen molar-refractivity contribution in [1.29, 1.82) is 0 Å². The molecule has 0 aliphatic carbocycles. The van der Waals surface area contributed by atoms with Gasteiger partial charge in [-0.15, -0.1) is 0 Å². The summed E-state index contributed by atoms with van der Waals surface area (Å²) >= 11 is 0. The Morgan fingerprint density at radius 3 is 0.846 bits per heavy atom. The van der Waals surface area contributed by atoms with E-state index in [4.69, 9.17) is 25.2 Å². The third kappa shape index (κ3) is 70.7. The van der Waals surface area contributed by atoms with Crippen molar-refractivity contribution in [2.75, 3.05) is 13.2 Å². The first-order chi connectivity index (χ1) is 31.7. The van der Waals surface area contributed by atoms with Crippen LogP contribution in [-0.2, 0) is 19.1 Å². The minimum absolute atomic E-state index is 0.111. The fraction of sp³-hybridized carbons (Fsp3) is 0.842. The maximum Gasteiger partial charge on any atom is 0.305 e. The van der Waals surface area contributed by atoms with Crippen LogP contribution < -0.4 is 0 Å². The van der Waals surface area contributed by atoms with Crippen LogP contribution in [0.2, 0.25) is 0 Å². The van der Waals surface area contributed by atoms with Crippen LogP contribution in [0.1, 0.15) is 290 Å². The van der Waals surface area contributed by atoms with Crippen molar-refractivity contribution in [3.05, 3.63) is 36.5 Å². The summed E-state index contributed by atoms with van der Waals surface area (Å²) in [6.45, 7) is 6.29. The smallest absolute Gasteiger partial charge is 0.305 e. The van der Waals surface area contributed by atoms with Crippen molar-refractivity contribution >= 4 is 17.9 Å². The van der Waals surface area contributed by atoms with Gasteiger partial charge >= 0.3 is 17.9 Å². The van der Waals surface area contributed by atoms with E-state index in [0.717, 1.165) is 51.4 Å². The lowest BCUT2D eigenvalue weighted by molar-refractivity contribution is -0.147. The molecule has 0 saturated carbocycles. The van der Waals surface area contributed by atoms with Crippen molar-refractivity contribution in [1.82, 2.24) is 0 Å². The summed E-state index contributed by atoms with van der Waals surface area (Å²) in [5, 5.41) is 34.7. The first-order valence-electron chi connectivity index (χ1n) is 27.6. The van der Waals surface area contributed by atoms with Gasteiger partial charge in [0.15, 0.2) is 0 Å². The van der Waals surface area contributed by atoms with E-state index in [1.54, 1.807) is 0 Å². The summed E-state index contributed by atoms with van der Waals surface area (Å²) in [4.78, 5) is 32.0. The molecule has 0 aromatic rings. The van der Waals surface area contributed by atoms with Crippen molar-refractivity contribution in [3.63, 3.8) is 0 Å². The Balaban J connectivity index is -0.000000896. The van der Waals surface area contributed by atoms with Crippen LogP contribution in [0.15, 0.2) is 36.5 Å². The van der Waals surface area contributed by atoms with Gasteiger partial charge in [-0.2, -0.15) is 0 Å². The molecule has 0 bridgehead atoms. The van der Waals surface area contributed by atoms with Crippen LogP contribution in [-0.4, -0.2) is 57.7 Å². The largest absolute Gasteiger partial charge is 0.481 e. The molecule has 8 heteroatoms. The molecule has 0 saturated heterocycles. The molecular formula is C57H108O8. The SMILES string of the molecule is CCCCCCCCC=CCCCCCCCC(=O)O.CCCCCCCCC=CCCCCCCCC(=O)O.CCCCCCCCC=CCCCCCCCC(=O)OCC(O)CO. The van der Waals surface area contributed by atoms with Gasteiger partial charge in [-0.3, -0.25) is 14.4 Å². The molecule has 384 valence electrons. The highest BCUT2D eigenvalue weighted by molar-refractivity contribution is 5.69. The summed E-state index contributed by atoms with van der Waals surface area (Å²) in [7, 11) is 0. The number of hydrogen-bond donors (Lipinski definition) is 4. The van der Waals surface area contributed by atoms with Gasteiger partial charge in [0.2, 0.25) is 0 Å². The monoisotopic (exact) mass is 921 g/mol. The maximum atomic E-state index is 11.4. The van der Waals surface area contributed by atoms with Crippen LogP contribution in [0.4, 0.5) is 0 Å². The number of carbonyl (C=O) groups excluding carboxylic acids is 1. The van der Waals surface area contributed by atoms with E-state index in [9.17, 15) is 14.4 Å². The molecule has 4 N–H and O–H groups in total. The predicted molar refractivity (Wildman–Crippen MR) is 278 cm³/mol. The van der Waals surface area contributed by atoms with Gasteiger partial charge in [0, 0.05) is 19.3 Å². The zero-order chi connectivity index (χ0) is 48.4. The minimum Gasteiger partial charge on any atom is -0.481 e. The topological polar surface area (TPSA) is 141 Å². The van der Waals surface area contributed by atoms with E-state index in [-0.39, 0.29) is 19.2 Å². The van der Waals surface area contributed by atoms with Crippen molar-refractivity contribution in [2.24, 2.45) is 0 Å². The number of carboxylic acid groups (broad SMARTS) is 2. The van der Waals surface area contributed by atoms with Gasteiger partial charge in [0.05, 0.1) is 6.61 Å². The number of unbranched alkanes of at least 4 members (excludes halogenated alkanes) is 33. The number of aliphatic carboxylic acids is 2. The standard InChI is InChI=1S/C21H40O4.2C18H34O2/c1-2-3-4-5-6-7-8-9-10-11-12-13-14-15-16-17-21(24)25-19-20(23)18-22;2*1-2-3-4-5-6-7-8-9-10-11-12-13-14-15-16-17-18(19)20/h9-10,20,22-23H,2-8,11-19H2,1H3;2*9-10H,2-8,11-17H2,1H3,(H,19,20). The molecule has 0 heterocycles. The van der Waals surface area contributed by atoms with E-state index >= 15 is 0 Å². The van der Waals surface area contributed by atoms with E-state index in [1.807, 2.05) is 0 Å². The second kappa shape index (κ2) is 61.5. The van der Waals surface area contributed by atoms with Gasteiger partial charge in [-0.25, -0.2) is 0 Å². The molecule has 0 amide bonds. The first-order valence-corrected chi connectivity index (χ1v) is 27.6. The molecule has 1 atom stereocenters. The van der Waals surface area contributed by atoms with Crippen LogP contribution in [0, 0.1) is 0 Å². The van der Waals surface area contributed by atoms with Gasteiger partial charge in [0.1, 0.15) is 12.7 Å². The lowest BCUT2D eigenvalue weighted by atomic mass is 10.1. The summed E-state index contributed by atoms with van der Waals surface area (Å²) in [5.74, 6) is -1.62. The Kier molecular flexibility index (Phi) is 63.3. The summed E-state index contributed by atoms with van der Waals surface area (Å²) in [5.41, 5.74) is 0. The highest BCUT2D eigenvalue weighted by Gasteiger charge is 2.07. The second-order valence-corrected chi connectivity index (χ2v) is 18.3. The third-order valence-corrected chi connectivity index (χ3v) is 11.6. The Morgan fingerprint density at radius 2 is 0.600 bits per heavy atom. The van der Waals surface area contributed by atoms with Crippen molar-refractivity contribution in [2.45, 2.75) is 297 Å². The van der Waals surface area contributed by atoms with Gasteiger partial charge in [-0.05, 0) is 96.3 Å². The predicted octanol–water partition coefficient (Wildman–Crippen LogP) is 17.1. The van der Waals surface area contributed by atoms with Crippen LogP contribution in [0.25, 0.3) is 0 Å².